The highest BCUT2D eigenvalue weighted by Gasteiger charge is 2.15. The van der Waals surface area contributed by atoms with E-state index in [1.807, 2.05) is 0 Å². The van der Waals surface area contributed by atoms with Crippen molar-refractivity contribution >= 4 is 10.8 Å². The molecule has 0 heterocycles. The molecule has 3 aromatic rings. The van der Waals surface area contributed by atoms with Gasteiger partial charge in [-0.15, -0.1) is 0 Å². The monoisotopic (exact) mass is 258 g/mol. The van der Waals surface area contributed by atoms with E-state index in [4.69, 9.17) is 0 Å². The highest BCUT2D eigenvalue weighted by atomic mass is 14.2. The molecule has 20 heavy (non-hydrogen) atoms. The smallest absolute Gasteiger partial charge is 0.00198 e. The number of aryl methyl sites for hydroxylation is 2. The predicted molar refractivity (Wildman–Crippen MR) is 85.5 cm³/mol. The highest BCUT2D eigenvalue weighted by Crippen LogP contribution is 2.31. The van der Waals surface area contributed by atoms with Crippen LogP contribution in [0.15, 0.2) is 48.5 Å². The quantitative estimate of drug-likeness (QED) is 0.418. The van der Waals surface area contributed by atoms with Gasteiger partial charge in [0.15, 0.2) is 0 Å². The molecular formula is C20H18. The molecule has 1 aliphatic rings. The number of benzene rings is 3. The summed E-state index contributed by atoms with van der Waals surface area (Å²) in [5.41, 5.74) is 8.73. The van der Waals surface area contributed by atoms with E-state index < -0.39 is 0 Å². The van der Waals surface area contributed by atoms with Crippen LogP contribution < -0.4 is 0 Å². The Bertz CT molecular complexity index is 825. The average molecular weight is 258 g/mol. The van der Waals surface area contributed by atoms with Gasteiger partial charge in [0.25, 0.3) is 0 Å². The summed E-state index contributed by atoms with van der Waals surface area (Å²) < 4.78 is 0. The van der Waals surface area contributed by atoms with Crippen molar-refractivity contribution in [2.24, 2.45) is 0 Å². The molecular weight excluding hydrogens is 240 g/mol. The second-order valence-electron chi connectivity index (χ2n) is 6.05. The summed E-state index contributed by atoms with van der Waals surface area (Å²) in [5, 5.41) is 2.80. The fourth-order valence-corrected chi connectivity index (χ4v) is 3.52. The molecule has 3 aromatic carbocycles. The molecule has 98 valence electrons. The van der Waals surface area contributed by atoms with Crippen molar-refractivity contribution in [3.8, 4) is 0 Å². The van der Waals surface area contributed by atoms with Gasteiger partial charge in [-0.2, -0.15) is 0 Å². The first-order valence-corrected chi connectivity index (χ1v) is 7.30. The van der Waals surface area contributed by atoms with Crippen LogP contribution in [0.3, 0.4) is 0 Å². The fourth-order valence-electron chi connectivity index (χ4n) is 3.52. The van der Waals surface area contributed by atoms with Gasteiger partial charge in [-0.05, 0) is 65.3 Å². The van der Waals surface area contributed by atoms with E-state index in [2.05, 4.69) is 62.4 Å². The van der Waals surface area contributed by atoms with Gasteiger partial charge in [0.05, 0.1) is 0 Å². The first-order valence-electron chi connectivity index (χ1n) is 7.30. The second-order valence-corrected chi connectivity index (χ2v) is 6.05. The van der Waals surface area contributed by atoms with E-state index in [9.17, 15) is 0 Å². The minimum atomic E-state index is 1.08. The van der Waals surface area contributed by atoms with Gasteiger partial charge in [-0.3, -0.25) is 0 Å². The zero-order valence-electron chi connectivity index (χ0n) is 12.0. The molecule has 0 aliphatic heterocycles. The number of rotatable bonds is 0. The topological polar surface area (TPSA) is 0 Å². The van der Waals surface area contributed by atoms with E-state index in [1.54, 1.807) is 0 Å². The molecule has 4 rings (SSSR count). The van der Waals surface area contributed by atoms with Crippen molar-refractivity contribution in [3.05, 3.63) is 81.9 Å². The van der Waals surface area contributed by atoms with E-state index in [0.717, 1.165) is 12.8 Å². The van der Waals surface area contributed by atoms with Gasteiger partial charge in [0, 0.05) is 0 Å². The Kier molecular flexibility index (Phi) is 2.47. The van der Waals surface area contributed by atoms with Crippen LogP contribution in [-0.4, -0.2) is 0 Å². The number of hydrogen-bond acceptors (Lipinski definition) is 0. The van der Waals surface area contributed by atoms with Gasteiger partial charge >= 0.3 is 0 Å². The van der Waals surface area contributed by atoms with Crippen molar-refractivity contribution in [1.82, 2.24) is 0 Å². The summed E-state index contributed by atoms with van der Waals surface area (Å²) in [4.78, 5) is 0. The Morgan fingerprint density at radius 3 is 2.05 bits per heavy atom. The maximum atomic E-state index is 2.41. The summed E-state index contributed by atoms with van der Waals surface area (Å²) in [6.45, 7) is 4.40. The first kappa shape index (κ1) is 11.7. The molecule has 0 spiro atoms. The van der Waals surface area contributed by atoms with E-state index in [-0.39, 0.29) is 0 Å². The summed E-state index contributed by atoms with van der Waals surface area (Å²) in [6.07, 6.45) is 2.16. The Morgan fingerprint density at radius 1 is 0.700 bits per heavy atom. The second kappa shape index (κ2) is 4.21. The molecule has 1 aliphatic carbocycles. The molecule has 0 amide bonds. The molecule has 0 atom stereocenters. The SMILES string of the molecule is Cc1cc(C)c2cc3c(cc2c1)Cc1ccccc1C3. The van der Waals surface area contributed by atoms with Gasteiger partial charge in [0.1, 0.15) is 0 Å². The Balaban J connectivity index is 1.94. The summed E-state index contributed by atoms with van der Waals surface area (Å²) in [5.74, 6) is 0. The normalized spacial score (nSPS) is 13.1. The van der Waals surface area contributed by atoms with Crippen LogP contribution in [0.2, 0.25) is 0 Å². The third-order valence-corrected chi connectivity index (χ3v) is 4.50. The van der Waals surface area contributed by atoms with Crippen LogP contribution in [0.1, 0.15) is 33.4 Å². The minimum absolute atomic E-state index is 1.08. The molecule has 0 unspecified atom stereocenters. The van der Waals surface area contributed by atoms with Gasteiger partial charge in [-0.25, -0.2) is 0 Å². The van der Waals surface area contributed by atoms with Crippen LogP contribution >= 0.6 is 0 Å². The molecule has 0 fully saturated rings. The third-order valence-electron chi connectivity index (χ3n) is 4.50. The van der Waals surface area contributed by atoms with Crippen molar-refractivity contribution in [1.29, 1.82) is 0 Å². The van der Waals surface area contributed by atoms with E-state index in [1.165, 1.54) is 44.2 Å². The van der Waals surface area contributed by atoms with Crippen LogP contribution in [0.25, 0.3) is 10.8 Å². The Morgan fingerprint density at radius 2 is 1.35 bits per heavy atom. The molecule has 0 saturated carbocycles. The summed E-state index contributed by atoms with van der Waals surface area (Å²) in [7, 11) is 0. The van der Waals surface area contributed by atoms with E-state index in [0.29, 0.717) is 0 Å². The van der Waals surface area contributed by atoms with Crippen LogP contribution in [0, 0.1) is 13.8 Å². The molecule has 0 N–H and O–H groups in total. The lowest BCUT2D eigenvalue weighted by atomic mass is 9.84. The molecule has 0 bridgehead atoms. The van der Waals surface area contributed by atoms with Crippen molar-refractivity contribution in [2.75, 3.05) is 0 Å². The predicted octanol–water partition coefficient (Wildman–Crippen LogP) is 4.95. The lowest BCUT2D eigenvalue weighted by molar-refractivity contribution is 1.01. The lowest BCUT2D eigenvalue weighted by Crippen LogP contribution is -2.07. The van der Waals surface area contributed by atoms with Crippen molar-refractivity contribution in [3.63, 3.8) is 0 Å². The molecule has 0 heteroatoms. The Hall–Kier alpha value is -2.08. The van der Waals surface area contributed by atoms with E-state index >= 15 is 0 Å². The minimum Gasteiger partial charge on any atom is -0.0620 e. The maximum Gasteiger partial charge on any atom is -0.00198 e. The molecule has 0 nitrogen and oxygen atoms in total. The van der Waals surface area contributed by atoms with Crippen LogP contribution in [-0.2, 0) is 12.8 Å². The lowest BCUT2D eigenvalue weighted by Gasteiger charge is -2.21. The van der Waals surface area contributed by atoms with Crippen molar-refractivity contribution < 1.29 is 0 Å². The first-order chi connectivity index (χ1) is 9.70. The summed E-state index contributed by atoms with van der Waals surface area (Å²) in [6, 6.07) is 18.2. The number of fused-ring (bicyclic) bond motifs is 3. The third kappa shape index (κ3) is 1.76. The van der Waals surface area contributed by atoms with Gasteiger partial charge in [0.2, 0.25) is 0 Å². The highest BCUT2D eigenvalue weighted by molar-refractivity contribution is 5.88. The standard InChI is InChI=1S/C20H18/c1-13-7-14(2)20-12-18-10-16-6-4-3-5-15(16)9-17(18)11-19(20)8-13/h3-8,11-12H,9-10H2,1-2H3. The maximum absolute atomic E-state index is 2.41. The zero-order chi connectivity index (χ0) is 13.7. The van der Waals surface area contributed by atoms with Crippen LogP contribution in [0.4, 0.5) is 0 Å². The Labute approximate surface area is 120 Å². The largest absolute Gasteiger partial charge is 0.0620 e. The van der Waals surface area contributed by atoms with Crippen molar-refractivity contribution in [2.45, 2.75) is 26.7 Å². The zero-order valence-corrected chi connectivity index (χ0v) is 12.0. The fraction of sp³-hybridized carbons (Fsp3) is 0.200. The van der Waals surface area contributed by atoms with Gasteiger partial charge in [-0.1, -0.05) is 54.1 Å². The summed E-state index contributed by atoms with van der Waals surface area (Å²) >= 11 is 0. The average Bonchev–Trinajstić information content (AvgIpc) is 2.43. The number of hydrogen-bond donors (Lipinski definition) is 0. The molecule has 0 saturated heterocycles. The van der Waals surface area contributed by atoms with Gasteiger partial charge < -0.3 is 0 Å². The molecule has 0 aromatic heterocycles. The van der Waals surface area contributed by atoms with Crippen LogP contribution in [0.5, 0.6) is 0 Å². The molecule has 0 radical (unpaired) electrons.